The van der Waals surface area contributed by atoms with E-state index in [0.717, 1.165) is 109 Å². The number of hydrogen-bond donors (Lipinski definition) is 3. The van der Waals surface area contributed by atoms with Gasteiger partial charge in [-0.1, -0.05) is 212 Å². The van der Waals surface area contributed by atoms with E-state index in [4.69, 9.17) is 9.05 Å². The number of allylic oxidation sites excluding steroid dienone is 21. The van der Waals surface area contributed by atoms with Crippen LogP contribution in [0.3, 0.4) is 0 Å². The predicted octanol–water partition coefficient (Wildman–Crippen LogP) is 16.8. The van der Waals surface area contributed by atoms with Crippen molar-refractivity contribution in [1.82, 2.24) is 5.32 Å². The number of rotatable bonds is 48. The minimum atomic E-state index is -4.37. The third kappa shape index (κ3) is 52.5. The van der Waals surface area contributed by atoms with Gasteiger partial charge in [0.2, 0.25) is 5.91 Å². The van der Waals surface area contributed by atoms with E-state index in [-0.39, 0.29) is 19.1 Å². The van der Waals surface area contributed by atoms with Crippen LogP contribution in [0.1, 0.15) is 194 Å². The Morgan fingerprint density at radius 3 is 1.31 bits per heavy atom. The average molecular weight is 992 g/mol. The summed E-state index contributed by atoms with van der Waals surface area (Å²) in [6.07, 6.45) is 76.9. The van der Waals surface area contributed by atoms with Gasteiger partial charge in [-0.3, -0.25) is 13.8 Å². The summed E-state index contributed by atoms with van der Waals surface area (Å²) in [5, 5.41) is 13.9. The lowest BCUT2D eigenvalue weighted by molar-refractivity contribution is -0.870. The molecule has 1 amide bonds. The van der Waals surface area contributed by atoms with E-state index < -0.39 is 20.0 Å². The van der Waals surface area contributed by atoms with E-state index in [9.17, 15) is 19.4 Å². The third-order valence-electron chi connectivity index (χ3n) is 11.3. The largest absolute Gasteiger partial charge is 0.472 e. The van der Waals surface area contributed by atoms with Gasteiger partial charge in [0.15, 0.2) is 0 Å². The number of aliphatic hydroxyl groups is 1. The first-order valence-electron chi connectivity index (χ1n) is 27.6. The average Bonchev–Trinajstić information content (AvgIpc) is 3.32. The zero-order valence-electron chi connectivity index (χ0n) is 45.2. The van der Waals surface area contributed by atoms with Crippen molar-refractivity contribution >= 4 is 13.7 Å². The topological polar surface area (TPSA) is 105 Å². The summed E-state index contributed by atoms with van der Waals surface area (Å²) in [4.78, 5) is 23.2. The van der Waals surface area contributed by atoms with E-state index in [1.807, 2.05) is 27.2 Å². The maximum absolute atomic E-state index is 12.9. The molecule has 0 heterocycles. The molecule has 70 heavy (non-hydrogen) atoms. The number of phosphoric acid groups is 1. The number of unbranched alkanes of at least 4 members (excludes halogenated alkanes) is 15. The molecule has 0 rings (SSSR count). The van der Waals surface area contributed by atoms with E-state index in [2.05, 4.69) is 141 Å². The molecule has 3 atom stereocenters. The van der Waals surface area contributed by atoms with E-state index in [1.165, 1.54) is 64.2 Å². The normalized spacial score (nSPS) is 15.0. The highest BCUT2D eigenvalue weighted by molar-refractivity contribution is 7.47. The Labute approximate surface area is 430 Å². The van der Waals surface area contributed by atoms with Crippen molar-refractivity contribution in [3.05, 3.63) is 134 Å². The number of likely N-dealkylation sites (N-methyl/N-ethyl adjacent to an activating group) is 1. The zero-order chi connectivity index (χ0) is 51.3. The predicted molar refractivity (Wildman–Crippen MR) is 304 cm³/mol. The van der Waals surface area contributed by atoms with Crippen molar-refractivity contribution in [3.8, 4) is 0 Å². The van der Waals surface area contributed by atoms with E-state index in [0.29, 0.717) is 17.4 Å². The van der Waals surface area contributed by atoms with Crippen LogP contribution < -0.4 is 5.32 Å². The minimum absolute atomic E-state index is 0.0444. The monoisotopic (exact) mass is 992 g/mol. The van der Waals surface area contributed by atoms with Gasteiger partial charge in [0.1, 0.15) is 13.2 Å². The fourth-order valence-electron chi connectivity index (χ4n) is 7.03. The van der Waals surface area contributed by atoms with Crippen LogP contribution in [0.4, 0.5) is 0 Å². The van der Waals surface area contributed by atoms with Crippen LogP contribution in [0.5, 0.6) is 0 Å². The maximum Gasteiger partial charge on any atom is 0.472 e. The number of hydrogen-bond acceptors (Lipinski definition) is 5. The van der Waals surface area contributed by atoms with Crippen molar-refractivity contribution in [1.29, 1.82) is 0 Å². The second kappa shape index (κ2) is 50.6. The number of nitrogens with zero attached hydrogens (tertiary/aromatic N) is 1. The van der Waals surface area contributed by atoms with Gasteiger partial charge in [-0.15, -0.1) is 0 Å². The molecule has 8 nitrogen and oxygen atoms in total. The smallest absolute Gasteiger partial charge is 0.387 e. The first-order valence-corrected chi connectivity index (χ1v) is 29.1. The number of nitrogens with one attached hydrogen (secondary N) is 1. The summed E-state index contributed by atoms with van der Waals surface area (Å²) in [5.74, 6) is -0.207. The lowest BCUT2D eigenvalue weighted by atomic mass is 10.1. The van der Waals surface area contributed by atoms with Crippen molar-refractivity contribution in [3.63, 3.8) is 0 Å². The number of quaternary nitrogens is 1. The quantitative estimate of drug-likeness (QED) is 0.0243. The Balaban J connectivity index is 4.27. The molecule has 0 fully saturated rings. The standard InChI is InChI=1S/C61H103N2O6P/c1-6-8-10-12-14-16-18-20-22-23-24-25-26-27-28-29-30-31-32-33-34-35-36-37-38-39-41-43-45-47-49-51-53-55-61(65)62-59(58-69-70(66,67)68-57-56-63(3,4)5)60(64)54-52-50-48-46-44-42-40-21-19-17-15-13-11-9-7-2/h8,10,14,16,19-22,24-25,27-28,30-31,33-34,36-37,44,46,52,54,59-60,64H,6-7,9,11-13,15,17-18,23,26,29,32,35,38-43,45,47-51,53,55-58H2,1-5H3,(H-,62,65,66,67)/p+1/b10-8-,16-14-,21-19+,22-20-,25-24-,28-27-,31-30-,34-33-,37-36-,46-44+,54-52+. The fourth-order valence-corrected chi connectivity index (χ4v) is 7.76. The van der Waals surface area contributed by atoms with Gasteiger partial charge in [0, 0.05) is 6.42 Å². The summed E-state index contributed by atoms with van der Waals surface area (Å²) in [6.45, 7) is 4.62. The van der Waals surface area contributed by atoms with Gasteiger partial charge in [0.05, 0.1) is 39.9 Å². The molecular weight excluding hydrogens is 888 g/mol. The van der Waals surface area contributed by atoms with Gasteiger partial charge in [-0.2, -0.15) is 0 Å². The van der Waals surface area contributed by atoms with Crippen LogP contribution in [-0.4, -0.2) is 73.4 Å². The Morgan fingerprint density at radius 1 is 0.500 bits per heavy atom. The summed E-state index contributed by atoms with van der Waals surface area (Å²) in [6, 6.07) is -0.884. The Kier molecular flexibility index (Phi) is 48.1. The first kappa shape index (κ1) is 66.6. The molecule has 3 N–H and O–H groups in total. The van der Waals surface area contributed by atoms with Crippen LogP contribution in [0.25, 0.3) is 0 Å². The SMILES string of the molecule is CC/C=C\C/C=C\C/C=C\C/C=C\C/C=C\C/C=C\C/C=C\C/C=C\CCCCCCCCCCC(=O)NC(COP(=O)(O)OCC[N+](C)(C)C)C(O)/C=C/CC/C=C/CC/C=C/CCCCCCC. The zero-order valence-corrected chi connectivity index (χ0v) is 46.1. The lowest BCUT2D eigenvalue weighted by Crippen LogP contribution is -2.45. The lowest BCUT2D eigenvalue weighted by Gasteiger charge is -2.25. The van der Waals surface area contributed by atoms with Crippen LogP contribution in [0, 0.1) is 0 Å². The van der Waals surface area contributed by atoms with Crippen LogP contribution >= 0.6 is 7.82 Å². The van der Waals surface area contributed by atoms with Crippen LogP contribution in [0.2, 0.25) is 0 Å². The van der Waals surface area contributed by atoms with Gasteiger partial charge >= 0.3 is 7.82 Å². The molecule has 0 aliphatic rings. The maximum atomic E-state index is 12.9. The number of amides is 1. The number of aliphatic hydroxyl groups excluding tert-OH is 1. The van der Waals surface area contributed by atoms with Crippen molar-refractivity contribution in [2.75, 3.05) is 40.9 Å². The Morgan fingerprint density at radius 2 is 0.871 bits per heavy atom. The molecular formula is C61H104N2O6P+. The van der Waals surface area contributed by atoms with Crippen LogP contribution in [0.15, 0.2) is 134 Å². The third-order valence-corrected chi connectivity index (χ3v) is 12.3. The molecule has 0 spiro atoms. The highest BCUT2D eigenvalue weighted by atomic mass is 31.2. The van der Waals surface area contributed by atoms with Gasteiger partial charge in [0.25, 0.3) is 0 Å². The molecule has 0 aromatic heterocycles. The van der Waals surface area contributed by atoms with Crippen molar-refractivity contribution in [2.45, 2.75) is 206 Å². The number of carbonyl (C=O) groups excluding carboxylic acids is 1. The molecule has 0 aromatic carbocycles. The summed E-state index contributed by atoms with van der Waals surface area (Å²) in [5.41, 5.74) is 0. The van der Waals surface area contributed by atoms with Gasteiger partial charge < -0.3 is 19.8 Å². The van der Waals surface area contributed by atoms with E-state index in [1.54, 1.807) is 6.08 Å². The van der Waals surface area contributed by atoms with Gasteiger partial charge in [-0.05, 0) is 109 Å². The minimum Gasteiger partial charge on any atom is -0.387 e. The second-order valence-corrected chi connectivity index (χ2v) is 20.7. The van der Waals surface area contributed by atoms with Gasteiger partial charge in [-0.25, -0.2) is 4.57 Å². The summed E-state index contributed by atoms with van der Waals surface area (Å²) < 4.78 is 23.6. The van der Waals surface area contributed by atoms with Crippen LogP contribution in [-0.2, 0) is 18.4 Å². The Hall–Kier alpha value is -3.36. The fraction of sp³-hybridized carbons (Fsp3) is 0.623. The highest BCUT2D eigenvalue weighted by Crippen LogP contribution is 2.43. The Bertz CT molecular complexity index is 1590. The molecule has 0 aromatic rings. The highest BCUT2D eigenvalue weighted by Gasteiger charge is 2.27. The molecule has 3 unspecified atom stereocenters. The first-order chi connectivity index (χ1) is 34.0. The van der Waals surface area contributed by atoms with Crippen molar-refractivity contribution in [2.24, 2.45) is 0 Å². The molecule has 0 bridgehead atoms. The number of phosphoric ester groups is 1. The van der Waals surface area contributed by atoms with E-state index >= 15 is 0 Å². The summed E-state index contributed by atoms with van der Waals surface area (Å²) >= 11 is 0. The molecule has 0 radical (unpaired) electrons. The number of carbonyl (C=O) groups is 1. The molecule has 0 saturated carbocycles. The second-order valence-electron chi connectivity index (χ2n) is 19.2. The molecule has 9 heteroatoms. The molecule has 0 saturated heterocycles. The molecule has 398 valence electrons. The molecule has 0 aliphatic heterocycles. The van der Waals surface area contributed by atoms with Crippen molar-refractivity contribution < 1.29 is 32.9 Å². The summed E-state index contributed by atoms with van der Waals surface area (Å²) in [7, 11) is 1.52. The molecule has 0 aliphatic carbocycles.